The van der Waals surface area contributed by atoms with Crippen LogP contribution < -0.4 is 19.7 Å². The largest absolute Gasteiger partial charge is 0.493 e. The molecular weight excluding hydrogens is 477 g/mol. The Morgan fingerprint density at radius 3 is 2.53 bits per heavy atom. The molecule has 170 valence electrons. The number of anilines is 1. The van der Waals surface area contributed by atoms with Gasteiger partial charge in [0, 0.05) is 10.6 Å². The van der Waals surface area contributed by atoms with Gasteiger partial charge >= 0.3 is 6.03 Å². The zero-order valence-corrected chi connectivity index (χ0v) is 19.4. The van der Waals surface area contributed by atoms with Gasteiger partial charge in [0.2, 0.25) is 0 Å². The summed E-state index contributed by atoms with van der Waals surface area (Å²) in [5.74, 6) is 0.111. The van der Waals surface area contributed by atoms with Gasteiger partial charge in [-0.25, -0.2) is 9.69 Å². The fourth-order valence-electron chi connectivity index (χ4n) is 3.39. The molecule has 1 fully saturated rings. The van der Waals surface area contributed by atoms with Gasteiger partial charge in [0.1, 0.15) is 12.3 Å². The summed E-state index contributed by atoms with van der Waals surface area (Å²) in [4.78, 5) is 26.3. The van der Waals surface area contributed by atoms with E-state index in [2.05, 4.69) is 11.4 Å². The Labute approximate surface area is 205 Å². The molecule has 1 heterocycles. The van der Waals surface area contributed by atoms with E-state index < -0.39 is 11.9 Å². The van der Waals surface area contributed by atoms with Crippen LogP contribution in [0.3, 0.4) is 0 Å². The molecule has 0 spiro atoms. The van der Waals surface area contributed by atoms with Crippen LogP contribution in [0.15, 0.2) is 66.4 Å². The molecule has 7 nitrogen and oxygen atoms in total. The minimum Gasteiger partial charge on any atom is -0.493 e. The lowest BCUT2D eigenvalue weighted by molar-refractivity contribution is -0.113. The Balaban J connectivity index is 1.59. The Morgan fingerprint density at radius 2 is 1.82 bits per heavy atom. The number of amides is 3. The molecule has 0 aromatic heterocycles. The summed E-state index contributed by atoms with van der Waals surface area (Å²) >= 11 is 12.3. The summed E-state index contributed by atoms with van der Waals surface area (Å²) in [6, 6.07) is 18.2. The summed E-state index contributed by atoms with van der Waals surface area (Å²) in [6.45, 7) is 0.116. The van der Waals surface area contributed by atoms with E-state index in [0.717, 1.165) is 4.90 Å². The molecule has 0 radical (unpaired) electrons. The maximum absolute atomic E-state index is 12.9. The average Bonchev–Trinajstić information content (AvgIpc) is 3.11. The van der Waals surface area contributed by atoms with Crippen molar-refractivity contribution in [2.45, 2.75) is 6.61 Å². The molecule has 0 saturated carbocycles. The van der Waals surface area contributed by atoms with E-state index >= 15 is 0 Å². The number of methoxy groups -OCH3 is 1. The number of carbonyl (C=O) groups is 2. The smallest absolute Gasteiger partial charge is 0.333 e. The lowest BCUT2D eigenvalue weighted by Gasteiger charge is -2.14. The second-order valence-electron chi connectivity index (χ2n) is 7.20. The van der Waals surface area contributed by atoms with Gasteiger partial charge in [-0.2, -0.15) is 5.26 Å². The standard InChI is InChI=1S/C25H17Cl2N3O4/c1-33-22-12-15(10-20(27)23(22)34-14-17-5-3-2-4-16(17)13-28)11-21-24(31)30(25(32)29-21)19-8-6-18(26)7-9-19/h2-12H,14H2,1H3,(H,29,32)/b21-11+. The van der Waals surface area contributed by atoms with E-state index in [-0.39, 0.29) is 17.3 Å². The number of hydrogen-bond acceptors (Lipinski definition) is 5. The van der Waals surface area contributed by atoms with Crippen LogP contribution in [0.5, 0.6) is 11.5 Å². The highest BCUT2D eigenvalue weighted by atomic mass is 35.5. The number of imide groups is 1. The van der Waals surface area contributed by atoms with Crippen LogP contribution in [-0.2, 0) is 11.4 Å². The zero-order chi connectivity index (χ0) is 24.2. The number of halogens is 2. The number of carbonyl (C=O) groups excluding carboxylic acids is 2. The molecule has 0 atom stereocenters. The van der Waals surface area contributed by atoms with Crippen molar-refractivity contribution in [3.63, 3.8) is 0 Å². The highest BCUT2D eigenvalue weighted by Gasteiger charge is 2.34. The van der Waals surface area contributed by atoms with Gasteiger partial charge in [0.05, 0.1) is 29.5 Å². The number of ether oxygens (including phenoxy) is 2. The molecule has 0 bridgehead atoms. The van der Waals surface area contributed by atoms with Crippen LogP contribution in [0.25, 0.3) is 6.08 Å². The zero-order valence-electron chi connectivity index (χ0n) is 17.8. The number of hydrogen-bond donors (Lipinski definition) is 1. The average molecular weight is 494 g/mol. The molecular formula is C25H17Cl2N3O4. The Bertz CT molecular complexity index is 1350. The monoisotopic (exact) mass is 493 g/mol. The minimum absolute atomic E-state index is 0.0784. The second-order valence-corrected chi connectivity index (χ2v) is 8.04. The highest BCUT2D eigenvalue weighted by Crippen LogP contribution is 2.38. The van der Waals surface area contributed by atoms with Crippen LogP contribution >= 0.6 is 23.2 Å². The first-order valence-electron chi connectivity index (χ1n) is 10.0. The van der Waals surface area contributed by atoms with E-state index in [1.807, 2.05) is 6.07 Å². The summed E-state index contributed by atoms with van der Waals surface area (Å²) in [5, 5.41) is 12.6. The molecule has 0 unspecified atom stereocenters. The highest BCUT2D eigenvalue weighted by molar-refractivity contribution is 6.33. The van der Waals surface area contributed by atoms with Gasteiger partial charge in [-0.15, -0.1) is 0 Å². The summed E-state index contributed by atoms with van der Waals surface area (Å²) in [5.41, 5.74) is 2.20. The van der Waals surface area contributed by atoms with Crippen molar-refractivity contribution >= 4 is 46.9 Å². The Kier molecular flexibility index (Phi) is 6.73. The van der Waals surface area contributed by atoms with Gasteiger partial charge in [-0.3, -0.25) is 4.79 Å². The molecule has 3 amide bonds. The van der Waals surface area contributed by atoms with Crippen molar-refractivity contribution in [2.24, 2.45) is 0 Å². The van der Waals surface area contributed by atoms with Gasteiger partial charge in [0.25, 0.3) is 5.91 Å². The topological polar surface area (TPSA) is 91.7 Å². The molecule has 0 aliphatic carbocycles. The first-order chi connectivity index (χ1) is 16.4. The number of nitrogens with zero attached hydrogens (tertiary/aromatic N) is 2. The Hall–Kier alpha value is -3.99. The second kappa shape index (κ2) is 9.87. The van der Waals surface area contributed by atoms with E-state index in [1.165, 1.54) is 13.2 Å². The predicted octanol–water partition coefficient (Wildman–Crippen LogP) is 5.55. The quantitative estimate of drug-likeness (QED) is 0.359. The minimum atomic E-state index is -0.576. The normalized spacial score (nSPS) is 14.2. The maximum atomic E-state index is 12.9. The number of urea groups is 1. The Morgan fingerprint density at radius 1 is 1.09 bits per heavy atom. The van der Waals surface area contributed by atoms with E-state index in [1.54, 1.807) is 54.6 Å². The molecule has 1 saturated heterocycles. The molecule has 9 heteroatoms. The molecule has 3 aromatic carbocycles. The maximum Gasteiger partial charge on any atom is 0.333 e. The summed E-state index contributed by atoms with van der Waals surface area (Å²) in [7, 11) is 1.46. The third-order valence-corrected chi connectivity index (χ3v) is 5.57. The lowest BCUT2D eigenvalue weighted by Crippen LogP contribution is -2.30. The first-order valence-corrected chi connectivity index (χ1v) is 10.8. The third kappa shape index (κ3) is 4.69. The summed E-state index contributed by atoms with van der Waals surface area (Å²) < 4.78 is 11.3. The van der Waals surface area contributed by atoms with Crippen LogP contribution in [-0.4, -0.2) is 19.0 Å². The van der Waals surface area contributed by atoms with Crippen LogP contribution in [0, 0.1) is 11.3 Å². The number of nitriles is 1. The first kappa shape index (κ1) is 23.2. The van der Waals surface area contributed by atoms with Gasteiger partial charge in [-0.05, 0) is 54.1 Å². The van der Waals surface area contributed by atoms with E-state index in [4.69, 9.17) is 32.7 Å². The van der Waals surface area contributed by atoms with Crippen molar-refractivity contribution in [1.29, 1.82) is 5.26 Å². The molecule has 3 aromatic rings. The van der Waals surface area contributed by atoms with Crippen LogP contribution in [0.1, 0.15) is 16.7 Å². The number of benzene rings is 3. The fraction of sp³-hybridized carbons (Fsp3) is 0.0800. The van der Waals surface area contributed by atoms with Crippen LogP contribution in [0.4, 0.5) is 10.5 Å². The van der Waals surface area contributed by atoms with Gasteiger partial charge in [0.15, 0.2) is 11.5 Å². The molecule has 1 N–H and O–H groups in total. The number of nitrogens with one attached hydrogen (secondary N) is 1. The van der Waals surface area contributed by atoms with Crippen molar-refractivity contribution in [3.05, 3.63) is 93.1 Å². The molecule has 34 heavy (non-hydrogen) atoms. The van der Waals surface area contributed by atoms with Crippen molar-refractivity contribution in [2.75, 3.05) is 12.0 Å². The summed E-state index contributed by atoms with van der Waals surface area (Å²) in [6.07, 6.45) is 1.50. The van der Waals surface area contributed by atoms with Crippen molar-refractivity contribution in [1.82, 2.24) is 5.32 Å². The SMILES string of the molecule is COc1cc(/C=C2/NC(=O)N(c3ccc(Cl)cc3)C2=O)cc(Cl)c1OCc1ccccc1C#N. The van der Waals surface area contributed by atoms with Crippen molar-refractivity contribution in [3.8, 4) is 17.6 Å². The number of rotatable bonds is 6. The van der Waals surface area contributed by atoms with Crippen LogP contribution in [0.2, 0.25) is 10.0 Å². The fourth-order valence-corrected chi connectivity index (χ4v) is 3.79. The van der Waals surface area contributed by atoms with Gasteiger partial charge in [-0.1, -0.05) is 41.4 Å². The molecule has 1 aliphatic heterocycles. The third-order valence-electron chi connectivity index (χ3n) is 5.04. The van der Waals surface area contributed by atoms with E-state index in [9.17, 15) is 14.9 Å². The van der Waals surface area contributed by atoms with Crippen molar-refractivity contribution < 1.29 is 19.1 Å². The lowest BCUT2D eigenvalue weighted by atomic mass is 10.1. The molecule has 4 rings (SSSR count). The van der Waals surface area contributed by atoms with E-state index in [0.29, 0.717) is 38.9 Å². The van der Waals surface area contributed by atoms with Gasteiger partial charge < -0.3 is 14.8 Å². The predicted molar refractivity (Wildman–Crippen MR) is 129 cm³/mol. The molecule has 1 aliphatic rings.